The molecule has 172 valence electrons. The normalized spacial score (nSPS) is 14.4. The smallest absolute Gasteiger partial charge is 0.354 e. The van der Waals surface area contributed by atoms with Crippen LogP contribution in [0.2, 0.25) is 5.02 Å². The molecule has 1 saturated carbocycles. The number of nitrogens with one attached hydrogen (secondary N) is 4. The van der Waals surface area contributed by atoms with E-state index in [2.05, 4.69) is 31.1 Å². The van der Waals surface area contributed by atoms with E-state index < -0.39 is 23.2 Å². The number of halogens is 4. The number of anilines is 2. The first-order valence-corrected chi connectivity index (χ1v) is 10.2. The van der Waals surface area contributed by atoms with Crippen LogP contribution < -0.4 is 16.0 Å². The molecule has 0 aliphatic heterocycles. The molecule has 1 aliphatic rings. The second-order valence-electron chi connectivity index (χ2n) is 7.56. The summed E-state index contributed by atoms with van der Waals surface area (Å²) in [7, 11) is 0. The van der Waals surface area contributed by atoms with Gasteiger partial charge in [0.25, 0.3) is 5.91 Å². The van der Waals surface area contributed by atoms with Crippen molar-refractivity contribution in [2.45, 2.75) is 31.1 Å². The molecule has 1 aliphatic carbocycles. The molecule has 8 nitrogen and oxygen atoms in total. The molecule has 0 spiro atoms. The molecule has 3 aromatic rings. The number of H-pyrrole nitrogens is 1. The zero-order chi connectivity index (χ0) is 23.6. The van der Waals surface area contributed by atoms with Crippen LogP contribution in [0.25, 0.3) is 0 Å². The van der Waals surface area contributed by atoms with E-state index in [1.54, 1.807) is 12.1 Å². The van der Waals surface area contributed by atoms with Gasteiger partial charge >= 0.3 is 6.18 Å². The van der Waals surface area contributed by atoms with Gasteiger partial charge in [0.05, 0.1) is 47.1 Å². The minimum absolute atomic E-state index is 0.0218. The highest BCUT2D eigenvalue weighted by atomic mass is 35.5. The summed E-state index contributed by atoms with van der Waals surface area (Å²) >= 11 is 5.70. The molecule has 4 N–H and O–H groups in total. The first kappa shape index (κ1) is 22.6. The molecule has 0 bridgehead atoms. The number of aromatic nitrogens is 3. The second kappa shape index (κ2) is 8.74. The van der Waals surface area contributed by atoms with Crippen molar-refractivity contribution in [1.29, 1.82) is 0 Å². The summed E-state index contributed by atoms with van der Waals surface area (Å²) in [6.45, 7) is 0.0944. The number of rotatable bonds is 7. The Balaban J connectivity index is 1.35. The average molecular weight is 479 g/mol. The lowest BCUT2D eigenvalue weighted by Gasteiger charge is -2.17. The van der Waals surface area contributed by atoms with Crippen LogP contribution in [-0.2, 0) is 17.5 Å². The Morgan fingerprint density at radius 3 is 2.55 bits per heavy atom. The topological polar surface area (TPSA) is 112 Å². The maximum atomic E-state index is 13.2. The summed E-state index contributed by atoms with van der Waals surface area (Å²) in [6, 6.07) is 6.58. The zero-order valence-electron chi connectivity index (χ0n) is 17.0. The molecular weight excluding hydrogens is 461 g/mol. The van der Waals surface area contributed by atoms with Gasteiger partial charge in [0.2, 0.25) is 5.91 Å². The van der Waals surface area contributed by atoms with E-state index in [1.165, 1.54) is 30.7 Å². The third kappa shape index (κ3) is 5.25. The van der Waals surface area contributed by atoms with Crippen molar-refractivity contribution in [1.82, 2.24) is 25.8 Å². The number of carbonyl (C=O) groups excluding carboxylic acids is 2. The Kier molecular flexibility index (Phi) is 5.98. The first-order chi connectivity index (χ1) is 15.7. The van der Waals surface area contributed by atoms with E-state index in [0.29, 0.717) is 29.8 Å². The van der Waals surface area contributed by atoms with Gasteiger partial charge in [0, 0.05) is 11.2 Å². The molecule has 33 heavy (non-hydrogen) atoms. The van der Waals surface area contributed by atoms with Crippen molar-refractivity contribution in [3.8, 4) is 0 Å². The number of benzene rings is 1. The minimum atomic E-state index is -4.57. The van der Waals surface area contributed by atoms with Crippen LogP contribution in [0.1, 0.15) is 34.5 Å². The lowest BCUT2D eigenvalue weighted by atomic mass is 10.1. The van der Waals surface area contributed by atoms with Crippen molar-refractivity contribution in [2.75, 3.05) is 5.32 Å². The van der Waals surface area contributed by atoms with E-state index in [9.17, 15) is 22.8 Å². The van der Waals surface area contributed by atoms with E-state index in [4.69, 9.17) is 11.6 Å². The van der Waals surface area contributed by atoms with Gasteiger partial charge in [0.15, 0.2) is 0 Å². The largest absolute Gasteiger partial charge is 0.418 e. The van der Waals surface area contributed by atoms with Crippen molar-refractivity contribution in [2.24, 2.45) is 0 Å². The highest BCUT2D eigenvalue weighted by Crippen LogP contribution is 2.38. The molecule has 0 radical (unpaired) electrons. The monoisotopic (exact) mass is 478 g/mol. The Morgan fingerprint density at radius 1 is 1.15 bits per heavy atom. The van der Waals surface area contributed by atoms with E-state index in [0.717, 1.165) is 6.07 Å². The number of pyridine rings is 1. The van der Waals surface area contributed by atoms with Crippen LogP contribution in [0, 0.1) is 0 Å². The number of amides is 2. The number of hydrogen-bond donors (Lipinski definition) is 4. The number of alkyl halides is 3. The maximum absolute atomic E-state index is 13.2. The molecule has 2 heterocycles. The lowest BCUT2D eigenvalue weighted by molar-refractivity contribution is -0.137. The fourth-order valence-corrected chi connectivity index (χ4v) is 3.33. The van der Waals surface area contributed by atoms with Crippen LogP contribution in [-0.4, -0.2) is 32.5 Å². The summed E-state index contributed by atoms with van der Waals surface area (Å²) in [5.41, 5.74) is -0.842. The quantitative estimate of drug-likeness (QED) is 0.413. The molecule has 1 fully saturated rings. The molecule has 12 heteroatoms. The molecule has 0 saturated heterocycles. The summed E-state index contributed by atoms with van der Waals surface area (Å²) in [5, 5.41) is 14.4. The van der Waals surface area contributed by atoms with Gasteiger partial charge in [-0.05, 0) is 43.2 Å². The van der Waals surface area contributed by atoms with Crippen molar-refractivity contribution < 1.29 is 22.8 Å². The van der Waals surface area contributed by atoms with Gasteiger partial charge in [-0.1, -0.05) is 11.6 Å². The zero-order valence-corrected chi connectivity index (χ0v) is 17.7. The third-order valence-corrected chi connectivity index (χ3v) is 5.35. The standard InChI is InChI=1S/C21H18ClF3N6O2/c22-13-1-4-17(16(7-13)21(23,24)25)30-15-3-2-14(26-11-15)10-27-19(33)20(5-6-20)31-18(32)12-8-28-29-9-12/h1-4,7-9,11,30H,5-6,10H2,(H,27,33)(H,28,29)(H,31,32). The van der Waals surface area contributed by atoms with Gasteiger partial charge in [-0.15, -0.1) is 0 Å². The molecule has 1 aromatic carbocycles. The number of carbonyl (C=O) groups is 2. The molecule has 2 aromatic heterocycles. The number of aromatic amines is 1. The van der Waals surface area contributed by atoms with E-state index >= 15 is 0 Å². The fraction of sp³-hybridized carbons (Fsp3) is 0.238. The van der Waals surface area contributed by atoms with Gasteiger partial charge in [-0.25, -0.2) is 0 Å². The molecule has 0 unspecified atom stereocenters. The predicted molar refractivity (Wildman–Crippen MR) is 114 cm³/mol. The SMILES string of the molecule is O=C(NC1(C(=O)NCc2ccc(Nc3ccc(Cl)cc3C(F)(F)F)cn2)CC1)c1cn[nH]c1. The Bertz CT molecular complexity index is 1160. The van der Waals surface area contributed by atoms with Gasteiger partial charge in [-0.3, -0.25) is 19.7 Å². The molecular formula is C21H18ClF3N6O2. The van der Waals surface area contributed by atoms with Crippen LogP contribution in [0.15, 0.2) is 48.9 Å². The third-order valence-electron chi connectivity index (χ3n) is 5.12. The Labute approximate surface area is 190 Å². The van der Waals surface area contributed by atoms with Crippen LogP contribution in [0.4, 0.5) is 24.5 Å². The minimum Gasteiger partial charge on any atom is -0.354 e. The molecule has 2 amide bonds. The van der Waals surface area contributed by atoms with Crippen molar-refractivity contribution in [3.05, 3.63) is 70.8 Å². The summed E-state index contributed by atoms with van der Waals surface area (Å²) in [6.07, 6.45) is 0.623. The second-order valence-corrected chi connectivity index (χ2v) is 7.99. The number of nitrogens with zero attached hydrogens (tertiary/aromatic N) is 2. The van der Waals surface area contributed by atoms with E-state index in [1.807, 2.05) is 0 Å². The summed E-state index contributed by atoms with van der Waals surface area (Å²) in [4.78, 5) is 28.9. The molecule has 0 atom stereocenters. The predicted octanol–water partition coefficient (Wildman–Crippen LogP) is 3.80. The summed E-state index contributed by atoms with van der Waals surface area (Å²) in [5.74, 6) is -0.732. The van der Waals surface area contributed by atoms with Gasteiger partial charge in [-0.2, -0.15) is 18.3 Å². The fourth-order valence-electron chi connectivity index (χ4n) is 3.16. The number of hydrogen-bond acceptors (Lipinski definition) is 5. The van der Waals surface area contributed by atoms with Crippen LogP contribution in [0.3, 0.4) is 0 Å². The Morgan fingerprint density at radius 2 is 1.94 bits per heavy atom. The van der Waals surface area contributed by atoms with Crippen LogP contribution >= 0.6 is 11.6 Å². The first-order valence-electron chi connectivity index (χ1n) is 9.85. The van der Waals surface area contributed by atoms with Crippen LogP contribution in [0.5, 0.6) is 0 Å². The van der Waals surface area contributed by atoms with E-state index in [-0.39, 0.29) is 23.2 Å². The highest BCUT2D eigenvalue weighted by Gasteiger charge is 2.51. The Hall–Kier alpha value is -3.60. The highest BCUT2D eigenvalue weighted by molar-refractivity contribution is 6.30. The summed E-state index contributed by atoms with van der Waals surface area (Å²) < 4.78 is 39.7. The van der Waals surface area contributed by atoms with Gasteiger partial charge < -0.3 is 16.0 Å². The maximum Gasteiger partial charge on any atom is 0.418 e. The van der Waals surface area contributed by atoms with Crippen molar-refractivity contribution >= 4 is 34.8 Å². The van der Waals surface area contributed by atoms with Gasteiger partial charge in [0.1, 0.15) is 5.54 Å². The average Bonchev–Trinajstić information content (AvgIpc) is 3.33. The lowest BCUT2D eigenvalue weighted by Crippen LogP contribution is -2.48. The van der Waals surface area contributed by atoms with Crippen molar-refractivity contribution in [3.63, 3.8) is 0 Å². The molecule has 4 rings (SSSR count).